The number of benzene rings is 1. The molecule has 3 nitrogen and oxygen atoms in total. The van der Waals surface area contributed by atoms with Crippen LogP contribution in [0, 0.1) is 6.92 Å². The molecule has 0 fully saturated rings. The van der Waals surface area contributed by atoms with Gasteiger partial charge in [0.25, 0.3) is 0 Å². The Balaban J connectivity index is 2.68. The first-order valence-corrected chi connectivity index (χ1v) is 6.50. The van der Waals surface area contributed by atoms with E-state index in [0.717, 1.165) is 35.2 Å². The molecule has 0 aromatic heterocycles. The van der Waals surface area contributed by atoms with E-state index in [-0.39, 0.29) is 0 Å². The minimum absolute atomic E-state index is 0.407. The van der Waals surface area contributed by atoms with E-state index in [1.165, 1.54) is 0 Å². The van der Waals surface area contributed by atoms with Crippen LogP contribution in [0.1, 0.15) is 11.1 Å². The molecule has 96 valence electrons. The van der Waals surface area contributed by atoms with E-state index in [2.05, 4.69) is 46.9 Å². The quantitative estimate of drug-likeness (QED) is 0.905. The maximum absolute atomic E-state index is 9.99. The molecule has 1 aromatic rings. The number of halogens is 1. The Labute approximate surface area is 112 Å². The Bertz CT molecular complexity index is 380. The van der Waals surface area contributed by atoms with Crippen molar-refractivity contribution >= 4 is 15.9 Å². The molecule has 0 radical (unpaired) electrons. The molecule has 1 aromatic carbocycles. The molecule has 0 saturated carbocycles. The average Bonchev–Trinajstić information content (AvgIpc) is 2.22. The van der Waals surface area contributed by atoms with Crippen LogP contribution in [0.5, 0.6) is 5.75 Å². The molecule has 17 heavy (non-hydrogen) atoms. The van der Waals surface area contributed by atoms with Gasteiger partial charge in [-0.1, -0.05) is 15.9 Å². The van der Waals surface area contributed by atoms with Crippen LogP contribution in [-0.2, 0) is 6.54 Å². The smallest absolute Gasteiger partial charge is 0.123 e. The fourth-order valence-corrected chi connectivity index (χ4v) is 2.29. The van der Waals surface area contributed by atoms with Gasteiger partial charge in [0.05, 0.1) is 0 Å². The summed E-state index contributed by atoms with van der Waals surface area (Å²) in [6, 6.07) is 3.91. The van der Waals surface area contributed by atoms with Crippen LogP contribution < -0.4 is 0 Å². The SMILES string of the molecule is Cc1cc(Br)cc(CN(C)CCN(C)C)c1O. The standard InChI is InChI=1S/C13H21BrN2O/c1-10-7-12(14)8-11(13(10)17)9-16(4)6-5-15(2)3/h7-8,17H,5-6,9H2,1-4H3. The first kappa shape index (κ1) is 14.5. The van der Waals surface area contributed by atoms with Gasteiger partial charge in [-0.05, 0) is 45.8 Å². The number of likely N-dealkylation sites (N-methyl/N-ethyl adjacent to an activating group) is 2. The number of phenolic OH excluding ortho intramolecular Hbond substituents is 1. The highest BCUT2D eigenvalue weighted by Gasteiger charge is 2.08. The maximum atomic E-state index is 9.99. The molecule has 0 amide bonds. The van der Waals surface area contributed by atoms with Gasteiger partial charge in [-0.25, -0.2) is 0 Å². The molecule has 0 spiro atoms. The predicted octanol–water partition coefficient (Wildman–Crippen LogP) is 2.46. The minimum Gasteiger partial charge on any atom is -0.507 e. The molecule has 0 saturated heterocycles. The zero-order chi connectivity index (χ0) is 13.0. The Morgan fingerprint density at radius 3 is 2.41 bits per heavy atom. The lowest BCUT2D eigenvalue weighted by atomic mass is 10.1. The molecule has 1 rings (SSSR count). The van der Waals surface area contributed by atoms with Crippen molar-refractivity contribution in [2.75, 3.05) is 34.2 Å². The molecule has 0 aliphatic carbocycles. The van der Waals surface area contributed by atoms with Crippen molar-refractivity contribution in [1.29, 1.82) is 0 Å². The molecule has 0 bridgehead atoms. The molecular weight excluding hydrogens is 280 g/mol. The highest BCUT2D eigenvalue weighted by atomic mass is 79.9. The summed E-state index contributed by atoms with van der Waals surface area (Å²) in [4.78, 5) is 4.36. The number of hydrogen-bond donors (Lipinski definition) is 1. The number of aromatic hydroxyl groups is 1. The fraction of sp³-hybridized carbons (Fsp3) is 0.538. The summed E-state index contributed by atoms with van der Waals surface area (Å²) in [5, 5.41) is 9.99. The Hall–Kier alpha value is -0.580. The van der Waals surface area contributed by atoms with E-state index in [4.69, 9.17) is 0 Å². The van der Waals surface area contributed by atoms with Crippen molar-refractivity contribution in [2.45, 2.75) is 13.5 Å². The van der Waals surface area contributed by atoms with Crippen LogP contribution in [0.4, 0.5) is 0 Å². The Kier molecular flexibility index (Phi) is 5.43. The second-order valence-corrected chi connectivity index (χ2v) is 5.69. The van der Waals surface area contributed by atoms with Gasteiger partial charge in [-0.2, -0.15) is 0 Å². The van der Waals surface area contributed by atoms with Gasteiger partial charge in [0, 0.05) is 29.7 Å². The number of hydrogen-bond acceptors (Lipinski definition) is 3. The van der Waals surface area contributed by atoms with Gasteiger partial charge in [0.1, 0.15) is 5.75 Å². The van der Waals surface area contributed by atoms with Gasteiger partial charge in [-0.15, -0.1) is 0 Å². The van der Waals surface area contributed by atoms with Crippen LogP contribution in [0.25, 0.3) is 0 Å². The normalized spacial score (nSPS) is 11.5. The number of phenols is 1. The third-order valence-electron chi connectivity index (χ3n) is 2.71. The van der Waals surface area contributed by atoms with Gasteiger partial charge >= 0.3 is 0 Å². The predicted molar refractivity (Wildman–Crippen MR) is 75.4 cm³/mol. The topological polar surface area (TPSA) is 26.7 Å². The Morgan fingerprint density at radius 1 is 1.18 bits per heavy atom. The monoisotopic (exact) mass is 300 g/mol. The van der Waals surface area contributed by atoms with E-state index in [1.807, 2.05) is 19.1 Å². The zero-order valence-corrected chi connectivity index (χ0v) is 12.6. The summed E-state index contributed by atoms with van der Waals surface area (Å²) in [5.74, 6) is 0.407. The van der Waals surface area contributed by atoms with Crippen LogP contribution in [0.2, 0.25) is 0 Å². The highest BCUT2D eigenvalue weighted by molar-refractivity contribution is 9.10. The molecule has 0 atom stereocenters. The third kappa shape index (κ3) is 4.66. The lowest BCUT2D eigenvalue weighted by Gasteiger charge is -2.20. The largest absolute Gasteiger partial charge is 0.507 e. The van der Waals surface area contributed by atoms with Gasteiger partial charge < -0.3 is 14.9 Å². The van der Waals surface area contributed by atoms with Gasteiger partial charge in [0.2, 0.25) is 0 Å². The number of aryl methyl sites for hydroxylation is 1. The van der Waals surface area contributed by atoms with Crippen molar-refractivity contribution in [3.63, 3.8) is 0 Å². The van der Waals surface area contributed by atoms with Crippen LogP contribution in [0.15, 0.2) is 16.6 Å². The summed E-state index contributed by atoms with van der Waals surface area (Å²) in [7, 11) is 6.20. The van der Waals surface area contributed by atoms with Crippen molar-refractivity contribution < 1.29 is 5.11 Å². The molecule has 4 heteroatoms. The van der Waals surface area contributed by atoms with Crippen LogP contribution in [0.3, 0.4) is 0 Å². The second kappa shape index (κ2) is 6.38. The molecule has 1 N–H and O–H groups in total. The van der Waals surface area contributed by atoms with Crippen molar-refractivity contribution in [3.05, 3.63) is 27.7 Å². The van der Waals surface area contributed by atoms with E-state index in [0.29, 0.717) is 5.75 Å². The summed E-state index contributed by atoms with van der Waals surface area (Å²) in [5.41, 5.74) is 1.88. The molecule has 0 aliphatic rings. The first-order chi connectivity index (χ1) is 7.90. The molecule has 0 unspecified atom stereocenters. The highest BCUT2D eigenvalue weighted by Crippen LogP contribution is 2.27. The van der Waals surface area contributed by atoms with Gasteiger partial charge in [0.15, 0.2) is 0 Å². The maximum Gasteiger partial charge on any atom is 0.123 e. The molecule has 0 heterocycles. The summed E-state index contributed by atoms with van der Waals surface area (Å²) >= 11 is 3.46. The lowest BCUT2D eigenvalue weighted by molar-refractivity contribution is 0.273. The molecule has 0 aliphatic heterocycles. The van der Waals surface area contributed by atoms with E-state index in [1.54, 1.807) is 0 Å². The fourth-order valence-electron chi connectivity index (χ4n) is 1.67. The molecular formula is C13H21BrN2O. The van der Waals surface area contributed by atoms with Gasteiger partial charge in [-0.3, -0.25) is 0 Å². The lowest BCUT2D eigenvalue weighted by Crippen LogP contribution is -2.28. The summed E-state index contributed by atoms with van der Waals surface area (Å²) in [6.45, 7) is 4.69. The van der Waals surface area contributed by atoms with Crippen molar-refractivity contribution in [3.8, 4) is 5.75 Å². The second-order valence-electron chi connectivity index (χ2n) is 4.77. The number of nitrogens with zero attached hydrogens (tertiary/aromatic N) is 2. The zero-order valence-electron chi connectivity index (χ0n) is 11.0. The van der Waals surface area contributed by atoms with Crippen LogP contribution >= 0.6 is 15.9 Å². The summed E-state index contributed by atoms with van der Waals surface area (Å²) in [6.07, 6.45) is 0. The van der Waals surface area contributed by atoms with E-state index in [9.17, 15) is 5.11 Å². The van der Waals surface area contributed by atoms with Crippen molar-refractivity contribution in [1.82, 2.24) is 9.80 Å². The average molecular weight is 301 g/mol. The minimum atomic E-state index is 0.407. The van der Waals surface area contributed by atoms with E-state index < -0.39 is 0 Å². The van der Waals surface area contributed by atoms with Crippen molar-refractivity contribution in [2.24, 2.45) is 0 Å². The Morgan fingerprint density at radius 2 is 1.82 bits per heavy atom. The van der Waals surface area contributed by atoms with Crippen LogP contribution in [-0.4, -0.2) is 49.1 Å². The van der Waals surface area contributed by atoms with E-state index >= 15 is 0 Å². The summed E-state index contributed by atoms with van der Waals surface area (Å²) < 4.78 is 1.02. The number of rotatable bonds is 5. The third-order valence-corrected chi connectivity index (χ3v) is 3.17. The first-order valence-electron chi connectivity index (χ1n) is 5.71.